The maximum absolute atomic E-state index is 12.9. The summed E-state index contributed by atoms with van der Waals surface area (Å²) >= 11 is 0. The van der Waals surface area contributed by atoms with Crippen LogP contribution < -0.4 is 0 Å². The summed E-state index contributed by atoms with van der Waals surface area (Å²) in [5, 5.41) is 34.6. The molecule has 0 aliphatic carbocycles. The molecule has 0 heterocycles. The molecule has 2 rings (SSSR count). The van der Waals surface area contributed by atoms with E-state index >= 15 is 0 Å². The molecule has 26 heavy (non-hydrogen) atoms. The van der Waals surface area contributed by atoms with Crippen LogP contribution in [0.4, 0.5) is 8.78 Å². The zero-order valence-corrected chi connectivity index (χ0v) is 13.5. The second-order valence-corrected chi connectivity index (χ2v) is 5.30. The van der Waals surface area contributed by atoms with Crippen LogP contribution in [0, 0.1) is 11.6 Å². The average molecular weight is 368 g/mol. The van der Waals surface area contributed by atoms with Crippen LogP contribution in [0.2, 0.25) is 0 Å². The normalized spacial score (nSPS) is 12.5. The van der Waals surface area contributed by atoms with Gasteiger partial charge in [-0.2, -0.15) is 0 Å². The Hall–Kier alpha value is -2.84. The van der Waals surface area contributed by atoms with Gasteiger partial charge >= 0.3 is 11.9 Å². The maximum Gasteiger partial charge on any atom is 0.332 e. The highest BCUT2D eigenvalue weighted by Crippen LogP contribution is 2.09. The van der Waals surface area contributed by atoms with E-state index in [4.69, 9.17) is 20.4 Å². The van der Waals surface area contributed by atoms with Gasteiger partial charge in [-0.3, -0.25) is 0 Å². The minimum Gasteiger partial charge on any atom is -0.479 e. The predicted molar refractivity (Wildman–Crippen MR) is 87.5 cm³/mol. The average Bonchev–Trinajstić information content (AvgIpc) is 2.59. The van der Waals surface area contributed by atoms with E-state index in [0.717, 1.165) is 0 Å². The molecule has 0 fully saturated rings. The second-order valence-electron chi connectivity index (χ2n) is 5.30. The molecule has 2 unspecified atom stereocenters. The Bertz CT molecular complexity index is 686. The number of halogens is 2. The maximum atomic E-state index is 12.9. The number of aliphatic hydroxyl groups is 2. The third-order valence-electron chi connectivity index (χ3n) is 3.31. The SMILES string of the molecule is O=C(O)C(O)Cc1ccccc1F.O=C(O)C(O)Cc1ccccc1F. The highest BCUT2D eigenvalue weighted by atomic mass is 19.1. The molecule has 0 aliphatic heterocycles. The third-order valence-corrected chi connectivity index (χ3v) is 3.31. The zero-order valence-electron chi connectivity index (χ0n) is 13.5. The van der Waals surface area contributed by atoms with Crippen LogP contribution in [-0.2, 0) is 22.4 Å². The molecule has 2 aromatic rings. The molecule has 0 saturated heterocycles. The fourth-order valence-electron chi connectivity index (χ4n) is 1.92. The van der Waals surface area contributed by atoms with E-state index in [-0.39, 0.29) is 24.0 Å². The first-order valence-corrected chi connectivity index (χ1v) is 7.51. The summed E-state index contributed by atoms with van der Waals surface area (Å²) in [5.74, 6) is -3.68. The van der Waals surface area contributed by atoms with Crippen LogP contribution in [-0.4, -0.2) is 44.6 Å². The largest absolute Gasteiger partial charge is 0.479 e. The lowest BCUT2D eigenvalue weighted by atomic mass is 10.1. The first kappa shape index (κ1) is 21.2. The minimum absolute atomic E-state index is 0.206. The van der Waals surface area contributed by atoms with Crippen LogP contribution in [0.25, 0.3) is 0 Å². The predicted octanol–water partition coefficient (Wildman–Crippen LogP) is 1.63. The van der Waals surface area contributed by atoms with Gasteiger partial charge in [-0.1, -0.05) is 36.4 Å². The summed E-state index contributed by atoms with van der Waals surface area (Å²) in [5.41, 5.74) is 0.412. The Kier molecular flexibility index (Phi) is 8.33. The van der Waals surface area contributed by atoms with Crippen molar-refractivity contribution in [3.8, 4) is 0 Å². The molecule has 0 bridgehead atoms. The molecular weight excluding hydrogens is 350 g/mol. The van der Waals surface area contributed by atoms with Crippen LogP contribution in [0.15, 0.2) is 48.5 Å². The van der Waals surface area contributed by atoms with Gasteiger partial charge in [0, 0.05) is 12.8 Å². The van der Waals surface area contributed by atoms with Crippen molar-refractivity contribution in [1.82, 2.24) is 0 Å². The van der Waals surface area contributed by atoms with Gasteiger partial charge in [0.2, 0.25) is 0 Å². The Labute approximate surface area is 148 Å². The number of hydrogen-bond donors (Lipinski definition) is 4. The van der Waals surface area contributed by atoms with Crippen molar-refractivity contribution in [2.24, 2.45) is 0 Å². The van der Waals surface area contributed by atoms with Gasteiger partial charge in [0.05, 0.1) is 0 Å². The van der Waals surface area contributed by atoms with Crippen LogP contribution in [0.3, 0.4) is 0 Å². The van der Waals surface area contributed by atoms with Gasteiger partial charge in [0.1, 0.15) is 11.6 Å². The second kappa shape index (κ2) is 10.2. The molecule has 4 N–H and O–H groups in total. The topological polar surface area (TPSA) is 115 Å². The summed E-state index contributed by atoms with van der Waals surface area (Å²) in [6, 6.07) is 11.5. The fourth-order valence-corrected chi connectivity index (χ4v) is 1.92. The lowest BCUT2D eigenvalue weighted by Gasteiger charge is -2.05. The first-order chi connectivity index (χ1) is 12.2. The van der Waals surface area contributed by atoms with E-state index < -0.39 is 35.8 Å². The molecule has 0 spiro atoms. The molecule has 8 heteroatoms. The molecule has 0 saturated carbocycles. The van der Waals surface area contributed by atoms with Gasteiger partial charge < -0.3 is 20.4 Å². The Morgan fingerprint density at radius 1 is 0.731 bits per heavy atom. The minimum atomic E-state index is -1.54. The Morgan fingerprint density at radius 2 is 1.04 bits per heavy atom. The van der Waals surface area contributed by atoms with Crippen molar-refractivity contribution < 1.29 is 38.8 Å². The van der Waals surface area contributed by atoms with Crippen LogP contribution >= 0.6 is 0 Å². The molecule has 6 nitrogen and oxygen atoms in total. The number of benzene rings is 2. The van der Waals surface area contributed by atoms with E-state index in [2.05, 4.69) is 0 Å². The van der Waals surface area contributed by atoms with Crippen molar-refractivity contribution in [3.63, 3.8) is 0 Å². The number of aliphatic carboxylic acids is 2. The molecule has 2 atom stereocenters. The van der Waals surface area contributed by atoms with E-state index in [1.807, 2.05) is 0 Å². The van der Waals surface area contributed by atoms with Gasteiger partial charge in [-0.15, -0.1) is 0 Å². The quantitative estimate of drug-likeness (QED) is 0.616. The van der Waals surface area contributed by atoms with Crippen LogP contribution in [0.1, 0.15) is 11.1 Å². The van der Waals surface area contributed by atoms with Gasteiger partial charge in [0.25, 0.3) is 0 Å². The lowest BCUT2D eigenvalue weighted by molar-refractivity contribution is -0.147. The highest BCUT2D eigenvalue weighted by molar-refractivity contribution is 5.72. The van der Waals surface area contributed by atoms with E-state index in [9.17, 15) is 18.4 Å². The molecule has 0 radical (unpaired) electrons. The Morgan fingerprint density at radius 3 is 1.31 bits per heavy atom. The van der Waals surface area contributed by atoms with Gasteiger partial charge in [-0.25, -0.2) is 18.4 Å². The van der Waals surface area contributed by atoms with Gasteiger partial charge in [-0.05, 0) is 23.3 Å². The van der Waals surface area contributed by atoms with Crippen LogP contribution in [0.5, 0.6) is 0 Å². The molecule has 0 amide bonds. The molecule has 2 aromatic carbocycles. The van der Waals surface area contributed by atoms with Gasteiger partial charge in [0.15, 0.2) is 12.2 Å². The number of carboxylic acids is 2. The smallest absolute Gasteiger partial charge is 0.332 e. The molecule has 0 aliphatic rings. The van der Waals surface area contributed by atoms with Crippen molar-refractivity contribution in [3.05, 3.63) is 71.3 Å². The van der Waals surface area contributed by atoms with E-state index in [0.29, 0.717) is 0 Å². The molecule has 0 aromatic heterocycles. The summed E-state index contributed by atoms with van der Waals surface area (Å²) in [6.45, 7) is 0. The summed E-state index contributed by atoms with van der Waals surface area (Å²) in [4.78, 5) is 20.5. The fraction of sp³-hybridized carbons (Fsp3) is 0.222. The standard InChI is InChI=1S/2C9H9FO3/c2*10-7-4-2-1-3-6(7)5-8(11)9(12)13/h2*1-4,8,11H,5H2,(H,12,13). The number of carboxylic acid groups (broad SMARTS) is 2. The number of hydrogen-bond acceptors (Lipinski definition) is 4. The molecular formula is C18H18F2O6. The number of carbonyl (C=O) groups is 2. The van der Waals surface area contributed by atoms with Crippen molar-refractivity contribution in [2.75, 3.05) is 0 Å². The first-order valence-electron chi connectivity index (χ1n) is 7.51. The number of rotatable bonds is 6. The van der Waals surface area contributed by atoms with Crippen molar-refractivity contribution >= 4 is 11.9 Å². The third kappa shape index (κ3) is 6.96. The summed E-state index contributed by atoms with van der Waals surface area (Å²) in [7, 11) is 0. The van der Waals surface area contributed by atoms with Crippen molar-refractivity contribution in [1.29, 1.82) is 0 Å². The van der Waals surface area contributed by atoms with E-state index in [1.165, 1.54) is 36.4 Å². The Balaban J connectivity index is 0.000000260. The zero-order chi connectivity index (χ0) is 19.7. The highest BCUT2D eigenvalue weighted by Gasteiger charge is 2.16. The monoisotopic (exact) mass is 368 g/mol. The van der Waals surface area contributed by atoms with E-state index in [1.54, 1.807) is 12.1 Å². The summed E-state index contributed by atoms with van der Waals surface area (Å²) in [6.07, 6.45) is -3.50. The lowest BCUT2D eigenvalue weighted by Crippen LogP contribution is -2.22. The number of aliphatic hydroxyl groups excluding tert-OH is 2. The van der Waals surface area contributed by atoms with Crippen molar-refractivity contribution in [2.45, 2.75) is 25.0 Å². The summed E-state index contributed by atoms with van der Waals surface area (Å²) < 4.78 is 25.8. The molecule has 140 valence electrons.